The second-order valence-corrected chi connectivity index (χ2v) is 21.8. The molecule has 8 aromatic rings. The number of aromatic nitrogens is 4. The molecule has 0 fully saturated rings. The molecule has 6 aromatic heterocycles. The fourth-order valence-corrected chi connectivity index (χ4v) is 12.0. The van der Waals surface area contributed by atoms with Crippen molar-refractivity contribution < 1.29 is 61.1 Å². The van der Waals surface area contributed by atoms with Gasteiger partial charge in [0.15, 0.2) is 19.6 Å². The summed E-state index contributed by atoms with van der Waals surface area (Å²) in [6, 6.07) is 10.4. The average molecular weight is 1050 g/mol. The Kier molecular flexibility index (Phi) is 12.7. The van der Waals surface area contributed by atoms with Crippen molar-refractivity contribution in [3.63, 3.8) is 0 Å². The molecule has 0 spiro atoms. The topological polar surface area (TPSA) is 171 Å². The number of hydrogen-bond donors (Lipinski definition) is 2. The normalized spacial score (nSPS) is 14.2. The van der Waals surface area contributed by atoms with Crippen molar-refractivity contribution in [1.29, 1.82) is 0 Å². The molecule has 0 saturated carbocycles. The molecule has 8 rings (SSSR count). The van der Waals surface area contributed by atoms with Crippen LogP contribution in [0.25, 0.3) is 54.1 Å². The van der Waals surface area contributed by atoms with Crippen LogP contribution in [-0.4, -0.2) is 57.9 Å². The molecule has 6 heterocycles. The lowest BCUT2D eigenvalue weighted by molar-refractivity contribution is -0.153. The lowest BCUT2D eigenvalue weighted by atomic mass is 9.94. The number of furan rings is 2. The molecule has 26 heteroatoms. The van der Waals surface area contributed by atoms with E-state index < -0.39 is 77.1 Å². The van der Waals surface area contributed by atoms with Gasteiger partial charge in [-0.25, -0.2) is 9.36 Å². The molecule has 0 radical (unpaired) electrons. The summed E-state index contributed by atoms with van der Waals surface area (Å²) in [5, 5.41) is 9.09. The van der Waals surface area contributed by atoms with E-state index in [0.717, 1.165) is 21.5 Å². The standard InChI is InChI=1S/C38H28Cl4F6N4O8S4/c39-17-9-11-23(21(41)13-17)51-31-33(59-25-15-27(61-35(25)31)63(53,54)55)29(49-51)19(37(43,44)45)7-5-3-1-2-4-6-8-20(38(46,47)48)30-34-32(36-26(60-34)16-28(62-36)64(56,57)58)52(50-30)24-12-10-18(40)14-22(24)42/h9-16,19-20H,1-8H2,(H,53,54,55)(H,56,57,58). The first-order valence-corrected chi connectivity index (χ1v) is 24.8. The Balaban J connectivity index is 0.979. The van der Waals surface area contributed by atoms with Crippen LogP contribution in [-0.2, 0) is 20.2 Å². The van der Waals surface area contributed by atoms with E-state index in [2.05, 4.69) is 10.2 Å². The molecule has 342 valence electrons. The molecule has 2 aromatic carbocycles. The van der Waals surface area contributed by atoms with Crippen molar-refractivity contribution in [2.75, 3.05) is 0 Å². The molecule has 0 amide bonds. The van der Waals surface area contributed by atoms with Gasteiger partial charge in [0.25, 0.3) is 0 Å². The second-order valence-electron chi connectivity index (χ2n) is 14.7. The zero-order valence-electron chi connectivity index (χ0n) is 32.0. The van der Waals surface area contributed by atoms with E-state index >= 15 is 0 Å². The van der Waals surface area contributed by atoms with Crippen LogP contribution in [0.4, 0.5) is 26.3 Å². The van der Waals surface area contributed by atoms with Gasteiger partial charge in [-0.1, -0.05) is 84.9 Å². The van der Waals surface area contributed by atoms with E-state index in [1.165, 1.54) is 36.4 Å². The first-order chi connectivity index (χ1) is 29.9. The van der Waals surface area contributed by atoms with Crippen LogP contribution in [0.3, 0.4) is 0 Å². The van der Waals surface area contributed by atoms with E-state index in [1.807, 2.05) is 0 Å². The van der Waals surface area contributed by atoms with Gasteiger partial charge in [0.2, 0.25) is 0 Å². The Hall–Kier alpha value is -3.58. The minimum Gasteiger partial charge on any atom is -0.451 e. The van der Waals surface area contributed by atoms with Gasteiger partial charge < -0.3 is 8.83 Å². The van der Waals surface area contributed by atoms with E-state index in [9.17, 15) is 52.3 Å². The first-order valence-electron chi connectivity index (χ1n) is 18.8. The molecular formula is C38H28Cl4F6N4O8S4. The van der Waals surface area contributed by atoms with Crippen LogP contribution in [0, 0.1) is 0 Å². The van der Waals surface area contributed by atoms with Gasteiger partial charge in [-0.3, -0.25) is 9.11 Å². The monoisotopic (exact) mass is 1050 g/mol. The van der Waals surface area contributed by atoms with Crippen LogP contribution in [0.5, 0.6) is 0 Å². The molecule has 0 aliphatic carbocycles. The largest absolute Gasteiger partial charge is 0.451 e. The third kappa shape index (κ3) is 9.11. The minimum atomic E-state index is -4.82. The summed E-state index contributed by atoms with van der Waals surface area (Å²) in [6.45, 7) is 0. The van der Waals surface area contributed by atoms with Gasteiger partial charge in [-0.05, 0) is 49.2 Å². The molecular weight excluding hydrogens is 1020 g/mol. The Labute approximate surface area is 385 Å². The highest BCUT2D eigenvalue weighted by Crippen LogP contribution is 2.48. The number of fused-ring (bicyclic) bond motifs is 6. The van der Waals surface area contributed by atoms with Crippen molar-refractivity contribution in [1.82, 2.24) is 19.6 Å². The van der Waals surface area contributed by atoms with E-state index in [0.29, 0.717) is 35.5 Å². The Morgan fingerprint density at radius 1 is 0.594 bits per heavy atom. The summed E-state index contributed by atoms with van der Waals surface area (Å²) in [5.41, 5.74) is -1.41. The predicted molar refractivity (Wildman–Crippen MR) is 232 cm³/mol. The van der Waals surface area contributed by atoms with E-state index in [1.54, 1.807) is 0 Å². The minimum absolute atomic E-state index is 0.0000256. The fourth-order valence-electron chi connectivity index (χ4n) is 7.53. The summed E-state index contributed by atoms with van der Waals surface area (Å²) in [6.07, 6.45) is -9.07. The third-order valence-electron chi connectivity index (χ3n) is 10.4. The molecule has 0 saturated heterocycles. The Morgan fingerprint density at radius 2 is 0.953 bits per heavy atom. The zero-order chi connectivity index (χ0) is 46.3. The van der Waals surface area contributed by atoms with Gasteiger partial charge in [-0.2, -0.15) is 53.4 Å². The predicted octanol–water partition coefficient (Wildman–Crippen LogP) is 14.2. The maximum atomic E-state index is 14.8. The summed E-state index contributed by atoms with van der Waals surface area (Å²) in [5.74, 6) is -4.29. The molecule has 2 atom stereocenters. The number of benzene rings is 2. The van der Waals surface area contributed by atoms with Gasteiger partial charge in [-0.15, -0.1) is 22.7 Å². The van der Waals surface area contributed by atoms with Crippen LogP contribution >= 0.6 is 69.1 Å². The maximum absolute atomic E-state index is 14.8. The number of halogens is 10. The van der Waals surface area contributed by atoms with Crippen molar-refractivity contribution in [2.45, 2.75) is 84.0 Å². The van der Waals surface area contributed by atoms with Crippen molar-refractivity contribution in [3.8, 4) is 11.4 Å². The number of alkyl halides is 6. The summed E-state index contributed by atoms with van der Waals surface area (Å²) < 4.78 is 169. The Morgan fingerprint density at radius 3 is 1.28 bits per heavy atom. The molecule has 12 nitrogen and oxygen atoms in total. The fraction of sp³-hybridized carbons (Fsp3) is 0.316. The highest BCUT2D eigenvalue weighted by Gasteiger charge is 2.46. The maximum Gasteiger partial charge on any atom is 0.397 e. The van der Waals surface area contributed by atoms with Gasteiger partial charge in [0.1, 0.15) is 54.8 Å². The molecule has 0 aliphatic heterocycles. The quantitative estimate of drug-likeness (QED) is 0.0572. The summed E-state index contributed by atoms with van der Waals surface area (Å²) >= 11 is 26.1. The molecule has 0 bridgehead atoms. The number of hydrogen-bond acceptors (Lipinski definition) is 10. The van der Waals surface area contributed by atoms with Crippen LogP contribution in [0.1, 0.15) is 74.6 Å². The average Bonchev–Trinajstić information content (AvgIpc) is 4.00. The smallest absolute Gasteiger partial charge is 0.397 e. The first kappa shape index (κ1) is 46.9. The second kappa shape index (κ2) is 17.3. The van der Waals surface area contributed by atoms with Gasteiger partial charge >= 0.3 is 32.6 Å². The van der Waals surface area contributed by atoms with Gasteiger partial charge in [0, 0.05) is 22.2 Å². The van der Waals surface area contributed by atoms with Crippen LogP contribution < -0.4 is 0 Å². The number of unbranched alkanes of at least 4 members (excludes halogenated alkanes) is 5. The third-order valence-corrected chi connectivity index (χ3v) is 16.3. The van der Waals surface area contributed by atoms with Crippen molar-refractivity contribution in [3.05, 3.63) is 80.0 Å². The number of nitrogens with zero attached hydrogens (tertiary/aromatic N) is 4. The highest BCUT2D eigenvalue weighted by atomic mass is 35.5. The lowest BCUT2D eigenvalue weighted by Crippen LogP contribution is -2.22. The van der Waals surface area contributed by atoms with Crippen molar-refractivity contribution >= 4 is 132 Å². The van der Waals surface area contributed by atoms with Crippen LogP contribution in [0.15, 0.2) is 65.8 Å². The highest BCUT2D eigenvalue weighted by molar-refractivity contribution is 7.88. The summed E-state index contributed by atoms with van der Waals surface area (Å²) in [4.78, 5) is 0. The molecule has 2 unspecified atom stereocenters. The summed E-state index contributed by atoms with van der Waals surface area (Å²) in [7, 11) is -9.37. The van der Waals surface area contributed by atoms with Crippen LogP contribution in [0.2, 0.25) is 20.1 Å². The number of thiophene rings is 2. The molecule has 64 heavy (non-hydrogen) atoms. The van der Waals surface area contributed by atoms with Gasteiger partial charge in [0.05, 0.1) is 21.4 Å². The van der Waals surface area contributed by atoms with E-state index in [4.69, 9.17) is 55.2 Å². The number of rotatable bonds is 15. The zero-order valence-corrected chi connectivity index (χ0v) is 38.3. The van der Waals surface area contributed by atoms with Crippen molar-refractivity contribution in [2.24, 2.45) is 0 Å². The SMILES string of the molecule is O=S(=O)(O)c1cc2oc3c(C(CCCCCCCCC(c4nn(-c5ccc(Cl)cc5Cl)c5c4oc4cc(S(=O)(=O)O)sc45)C(F)(F)F)C(F)(F)F)nn(-c4ccc(Cl)cc4Cl)c3c2s1. The van der Waals surface area contributed by atoms with E-state index in [-0.39, 0.29) is 99.9 Å². The molecule has 2 N–H and O–H groups in total. The Bertz CT molecular complexity index is 3100. The lowest BCUT2D eigenvalue weighted by Gasteiger charge is -2.19. The molecule has 0 aliphatic rings.